The van der Waals surface area contributed by atoms with Gasteiger partial charge in [-0.1, -0.05) is 25.3 Å². The van der Waals surface area contributed by atoms with Crippen LogP contribution in [0.2, 0.25) is 0 Å². The van der Waals surface area contributed by atoms with E-state index in [2.05, 4.69) is 20.7 Å². The summed E-state index contributed by atoms with van der Waals surface area (Å²) >= 11 is 0. The van der Waals surface area contributed by atoms with Crippen molar-refractivity contribution in [3.05, 3.63) is 48.0 Å². The number of pyridine rings is 1. The van der Waals surface area contributed by atoms with Gasteiger partial charge in [0.2, 0.25) is 5.91 Å². The number of carbonyl (C=O) groups is 2. The number of carbonyl (C=O) groups excluding carboxylic acids is 2. The first-order valence-electron chi connectivity index (χ1n) is 10.4. The molecule has 2 N–H and O–H groups in total. The van der Waals surface area contributed by atoms with Gasteiger partial charge in [0.15, 0.2) is 0 Å². The summed E-state index contributed by atoms with van der Waals surface area (Å²) in [4.78, 5) is 31.5. The minimum atomic E-state index is -0.0701. The van der Waals surface area contributed by atoms with Crippen LogP contribution in [0.3, 0.4) is 0 Å². The normalized spacial score (nSPS) is 19.7. The second kappa shape index (κ2) is 10.5. The van der Waals surface area contributed by atoms with Gasteiger partial charge in [-0.3, -0.25) is 19.3 Å². The van der Waals surface area contributed by atoms with Crippen molar-refractivity contribution >= 4 is 24.2 Å². The Morgan fingerprint density at radius 3 is 2.80 bits per heavy atom. The summed E-state index contributed by atoms with van der Waals surface area (Å²) in [6.45, 7) is 2.19. The lowest BCUT2D eigenvalue weighted by Crippen LogP contribution is -2.48. The van der Waals surface area contributed by atoms with Crippen LogP contribution in [-0.2, 0) is 11.3 Å². The number of hydrogen-bond acceptors (Lipinski definition) is 5. The van der Waals surface area contributed by atoms with Gasteiger partial charge in [-0.05, 0) is 24.5 Å². The zero-order chi connectivity index (χ0) is 20.1. The van der Waals surface area contributed by atoms with E-state index in [0.29, 0.717) is 18.7 Å². The fourth-order valence-corrected chi connectivity index (χ4v) is 4.21. The van der Waals surface area contributed by atoms with E-state index in [1.807, 2.05) is 17.0 Å². The van der Waals surface area contributed by atoms with Gasteiger partial charge >= 0.3 is 0 Å². The van der Waals surface area contributed by atoms with Crippen molar-refractivity contribution in [2.24, 2.45) is 0 Å². The minimum Gasteiger partial charge on any atom is -0.352 e. The molecule has 8 nitrogen and oxygen atoms in total. The number of halogens is 1. The van der Waals surface area contributed by atoms with Gasteiger partial charge in [0.25, 0.3) is 5.91 Å². The summed E-state index contributed by atoms with van der Waals surface area (Å²) in [5.41, 5.74) is 1.51. The molecule has 2 amide bonds. The van der Waals surface area contributed by atoms with E-state index in [9.17, 15) is 9.59 Å². The first kappa shape index (κ1) is 22.2. The summed E-state index contributed by atoms with van der Waals surface area (Å²) in [6, 6.07) is 4.08. The quantitative estimate of drug-likeness (QED) is 0.753. The van der Waals surface area contributed by atoms with Crippen molar-refractivity contribution in [1.82, 2.24) is 30.3 Å². The molecule has 0 aromatic carbocycles. The number of rotatable bonds is 5. The van der Waals surface area contributed by atoms with Gasteiger partial charge in [-0.15, -0.1) is 12.4 Å². The fraction of sp³-hybridized carbons (Fsp3) is 0.524. The van der Waals surface area contributed by atoms with E-state index in [0.717, 1.165) is 24.9 Å². The molecule has 2 fully saturated rings. The molecule has 30 heavy (non-hydrogen) atoms. The van der Waals surface area contributed by atoms with Crippen LogP contribution >= 0.6 is 12.4 Å². The molecule has 4 rings (SSSR count). The second-order valence-electron chi connectivity index (χ2n) is 7.83. The van der Waals surface area contributed by atoms with E-state index >= 15 is 0 Å². The molecule has 1 saturated carbocycles. The lowest BCUT2D eigenvalue weighted by molar-refractivity contribution is -0.122. The summed E-state index contributed by atoms with van der Waals surface area (Å²) in [6.07, 6.45) is 12.5. The summed E-state index contributed by atoms with van der Waals surface area (Å²) in [5.74, 6) is -0.117. The SMILES string of the molecule is Cl.O=C(Cn1cc(C(=O)N2CCNCC2c2cccnc2)cn1)NC1CCCCC1. The minimum absolute atomic E-state index is 0. The molecule has 1 aliphatic heterocycles. The average Bonchev–Trinajstić information content (AvgIpc) is 3.23. The van der Waals surface area contributed by atoms with Crippen LogP contribution < -0.4 is 10.6 Å². The Hall–Kier alpha value is -2.45. The van der Waals surface area contributed by atoms with Crippen molar-refractivity contribution in [2.45, 2.75) is 50.7 Å². The van der Waals surface area contributed by atoms with Gasteiger partial charge < -0.3 is 15.5 Å². The molecule has 1 unspecified atom stereocenters. The highest BCUT2D eigenvalue weighted by Gasteiger charge is 2.29. The third-order valence-electron chi connectivity index (χ3n) is 5.73. The smallest absolute Gasteiger partial charge is 0.257 e. The van der Waals surface area contributed by atoms with E-state index in [4.69, 9.17) is 0 Å². The first-order chi connectivity index (χ1) is 14.2. The maximum Gasteiger partial charge on any atom is 0.257 e. The van der Waals surface area contributed by atoms with Gasteiger partial charge in [-0.25, -0.2) is 0 Å². The molecule has 2 aromatic rings. The molecule has 0 bridgehead atoms. The molecular formula is C21H29ClN6O2. The lowest BCUT2D eigenvalue weighted by Gasteiger charge is -2.36. The Bertz CT molecular complexity index is 837. The maximum atomic E-state index is 13.1. The second-order valence-corrected chi connectivity index (χ2v) is 7.83. The van der Waals surface area contributed by atoms with Crippen LogP contribution in [-0.4, -0.2) is 57.2 Å². The standard InChI is InChI=1S/C21H28N6O2.ClH/c28-20(25-18-6-2-1-3-7-18)15-26-14-17(12-24-26)21(29)27-10-9-23-13-19(27)16-5-4-8-22-11-16;/h4-5,8,11-12,14,18-19,23H,1-3,6-7,9-10,13,15H2,(H,25,28);1H. The highest BCUT2D eigenvalue weighted by atomic mass is 35.5. The Balaban J connectivity index is 0.00000256. The average molecular weight is 433 g/mol. The topological polar surface area (TPSA) is 92.2 Å². The van der Waals surface area contributed by atoms with Crippen LogP contribution in [0.5, 0.6) is 0 Å². The summed E-state index contributed by atoms with van der Waals surface area (Å²) in [7, 11) is 0. The van der Waals surface area contributed by atoms with E-state index in [1.165, 1.54) is 19.3 Å². The molecule has 2 aliphatic rings. The monoisotopic (exact) mass is 432 g/mol. The third kappa shape index (κ3) is 5.37. The Labute approximate surface area is 182 Å². The number of amides is 2. The number of nitrogens with zero attached hydrogens (tertiary/aromatic N) is 4. The predicted octanol–water partition coefficient (Wildman–Crippen LogP) is 1.94. The maximum absolute atomic E-state index is 13.1. The molecule has 162 valence electrons. The highest BCUT2D eigenvalue weighted by molar-refractivity contribution is 5.94. The van der Waals surface area contributed by atoms with Crippen LogP contribution in [0.4, 0.5) is 0 Å². The van der Waals surface area contributed by atoms with Crippen molar-refractivity contribution in [3.63, 3.8) is 0 Å². The molecule has 3 heterocycles. The number of nitrogens with one attached hydrogen (secondary N) is 2. The van der Waals surface area contributed by atoms with Crippen molar-refractivity contribution < 1.29 is 9.59 Å². The molecule has 2 aromatic heterocycles. The van der Waals surface area contributed by atoms with Gasteiger partial charge in [0, 0.05) is 44.3 Å². The molecule has 0 spiro atoms. The van der Waals surface area contributed by atoms with Crippen molar-refractivity contribution in [3.8, 4) is 0 Å². The van der Waals surface area contributed by atoms with Crippen LogP contribution in [0.1, 0.15) is 54.1 Å². The molecule has 1 aliphatic carbocycles. The zero-order valence-electron chi connectivity index (χ0n) is 17.0. The van der Waals surface area contributed by atoms with E-state index < -0.39 is 0 Å². The van der Waals surface area contributed by atoms with Crippen molar-refractivity contribution in [2.75, 3.05) is 19.6 Å². The Kier molecular flexibility index (Phi) is 7.81. The van der Waals surface area contributed by atoms with Gasteiger partial charge in [0.05, 0.1) is 17.8 Å². The van der Waals surface area contributed by atoms with Gasteiger partial charge in [-0.2, -0.15) is 5.10 Å². The van der Waals surface area contributed by atoms with E-state index in [1.54, 1.807) is 29.5 Å². The number of piperazine rings is 1. The van der Waals surface area contributed by atoms with Crippen LogP contribution in [0.25, 0.3) is 0 Å². The van der Waals surface area contributed by atoms with Crippen LogP contribution in [0.15, 0.2) is 36.9 Å². The highest BCUT2D eigenvalue weighted by Crippen LogP contribution is 2.23. The Morgan fingerprint density at radius 2 is 2.03 bits per heavy atom. The lowest BCUT2D eigenvalue weighted by atomic mass is 9.95. The fourth-order valence-electron chi connectivity index (χ4n) is 4.21. The number of hydrogen-bond donors (Lipinski definition) is 2. The summed E-state index contributed by atoms with van der Waals surface area (Å²) < 4.78 is 1.55. The number of aromatic nitrogens is 3. The first-order valence-corrected chi connectivity index (χ1v) is 10.4. The molecule has 1 saturated heterocycles. The Morgan fingerprint density at radius 1 is 1.20 bits per heavy atom. The van der Waals surface area contributed by atoms with E-state index in [-0.39, 0.29) is 42.8 Å². The molecule has 1 atom stereocenters. The largest absolute Gasteiger partial charge is 0.352 e. The molecule has 9 heteroatoms. The predicted molar refractivity (Wildman–Crippen MR) is 115 cm³/mol. The molecular weight excluding hydrogens is 404 g/mol. The van der Waals surface area contributed by atoms with Crippen LogP contribution in [0, 0.1) is 0 Å². The summed E-state index contributed by atoms with van der Waals surface area (Å²) in [5, 5.41) is 10.7. The molecule has 0 radical (unpaired) electrons. The third-order valence-corrected chi connectivity index (χ3v) is 5.73. The van der Waals surface area contributed by atoms with Gasteiger partial charge in [0.1, 0.15) is 6.54 Å². The van der Waals surface area contributed by atoms with Crippen molar-refractivity contribution in [1.29, 1.82) is 0 Å². The zero-order valence-corrected chi connectivity index (χ0v) is 17.8.